The van der Waals surface area contributed by atoms with Crippen LogP contribution in [0.3, 0.4) is 0 Å². The van der Waals surface area contributed by atoms with Gasteiger partial charge in [0.1, 0.15) is 5.82 Å². The van der Waals surface area contributed by atoms with Crippen LogP contribution in [0.1, 0.15) is 0 Å². The standard InChI is InChI=1S/C8H4ClFN2S2/c9-7-8(12-14-11-7)13-6-4-2-1-3-5(6)10/h1-4H. The maximum atomic E-state index is 13.2. The summed E-state index contributed by atoms with van der Waals surface area (Å²) in [6.07, 6.45) is 0. The van der Waals surface area contributed by atoms with E-state index in [1.54, 1.807) is 18.2 Å². The number of nitrogens with zero attached hydrogens (tertiary/aromatic N) is 2. The molecule has 0 atom stereocenters. The van der Waals surface area contributed by atoms with E-state index in [2.05, 4.69) is 8.75 Å². The van der Waals surface area contributed by atoms with E-state index >= 15 is 0 Å². The van der Waals surface area contributed by atoms with Gasteiger partial charge in [0.25, 0.3) is 0 Å². The van der Waals surface area contributed by atoms with Gasteiger partial charge in [0.05, 0.1) is 11.7 Å². The topological polar surface area (TPSA) is 25.8 Å². The number of hydrogen-bond acceptors (Lipinski definition) is 4. The van der Waals surface area contributed by atoms with Crippen LogP contribution < -0.4 is 0 Å². The molecule has 2 aromatic rings. The van der Waals surface area contributed by atoms with Gasteiger partial charge in [-0.05, 0) is 12.1 Å². The van der Waals surface area contributed by atoms with Crippen molar-refractivity contribution < 1.29 is 4.39 Å². The molecule has 0 unspecified atom stereocenters. The van der Waals surface area contributed by atoms with Crippen molar-refractivity contribution in [3.8, 4) is 0 Å². The molecule has 1 aromatic carbocycles. The van der Waals surface area contributed by atoms with E-state index in [4.69, 9.17) is 11.6 Å². The van der Waals surface area contributed by atoms with Crippen LogP contribution in [-0.4, -0.2) is 8.75 Å². The Morgan fingerprint density at radius 3 is 2.71 bits per heavy atom. The molecule has 2 nitrogen and oxygen atoms in total. The molecule has 0 radical (unpaired) electrons. The average Bonchev–Trinajstić information content (AvgIpc) is 2.56. The second-order valence-corrected chi connectivity index (χ2v) is 4.31. The lowest BCUT2D eigenvalue weighted by Gasteiger charge is -1.98. The number of halogens is 2. The van der Waals surface area contributed by atoms with Gasteiger partial charge >= 0.3 is 0 Å². The summed E-state index contributed by atoms with van der Waals surface area (Å²) in [6, 6.07) is 6.48. The highest BCUT2D eigenvalue weighted by Crippen LogP contribution is 2.32. The summed E-state index contributed by atoms with van der Waals surface area (Å²) in [5.74, 6) is -0.276. The van der Waals surface area contributed by atoms with Crippen LogP contribution in [-0.2, 0) is 0 Å². The van der Waals surface area contributed by atoms with Crippen LogP contribution in [0.5, 0.6) is 0 Å². The number of hydrogen-bond donors (Lipinski definition) is 0. The minimum atomic E-state index is -0.276. The lowest BCUT2D eigenvalue weighted by Crippen LogP contribution is -1.79. The molecule has 1 heterocycles. The van der Waals surface area contributed by atoms with Gasteiger partial charge in [-0.15, -0.1) is 0 Å². The fourth-order valence-corrected chi connectivity index (χ4v) is 2.48. The molecule has 0 aliphatic heterocycles. The summed E-state index contributed by atoms with van der Waals surface area (Å²) < 4.78 is 20.9. The molecule has 14 heavy (non-hydrogen) atoms. The van der Waals surface area contributed by atoms with Crippen molar-refractivity contribution in [2.45, 2.75) is 9.92 Å². The third kappa shape index (κ3) is 2.05. The molecule has 72 valence electrons. The molecular formula is C8H4ClFN2S2. The molecule has 2 rings (SSSR count). The summed E-state index contributed by atoms with van der Waals surface area (Å²) in [4.78, 5) is 0.502. The van der Waals surface area contributed by atoms with E-state index in [-0.39, 0.29) is 5.82 Å². The maximum absolute atomic E-state index is 13.2. The largest absolute Gasteiger partial charge is 0.206 e. The molecule has 0 saturated heterocycles. The van der Waals surface area contributed by atoms with Crippen molar-refractivity contribution >= 4 is 35.1 Å². The van der Waals surface area contributed by atoms with Crippen LogP contribution in [0.2, 0.25) is 5.15 Å². The Morgan fingerprint density at radius 1 is 1.29 bits per heavy atom. The zero-order valence-electron chi connectivity index (χ0n) is 6.78. The van der Waals surface area contributed by atoms with E-state index in [0.29, 0.717) is 15.1 Å². The van der Waals surface area contributed by atoms with Crippen LogP contribution in [0, 0.1) is 5.82 Å². The molecular weight excluding hydrogens is 243 g/mol. The predicted molar refractivity (Wildman–Crippen MR) is 55.4 cm³/mol. The molecule has 0 aliphatic carbocycles. The van der Waals surface area contributed by atoms with Gasteiger partial charge in [0.2, 0.25) is 0 Å². The molecule has 0 N–H and O–H groups in total. The highest BCUT2D eigenvalue weighted by molar-refractivity contribution is 7.99. The maximum Gasteiger partial charge on any atom is 0.177 e. The van der Waals surface area contributed by atoms with E-state index < -0.39 is 0 Å². The molecule has 0 fully saturated rings. The highest BCUT2D eigenvalue weighted by Gasteiger charge is 2.09. The van der Waals surface area contributed by atoms with Crippen LogP contribution >= 0.6 is 35.1 Å². The normalized spacial score (nSPS) is 10.4. The smallest absolute Gasteiger partial charge is 0.177 e. The van der Waals surface area contributed by atoms with Crippen molar-refractivity contribution in [2.75, 3.05) is 0 Å². The van der Waals surface area contributed by atoms with Crippen molar-refractivity contribution in [1.29, 1.82) is 0 Å². The van der Waals surface area contributed by atoms with Gasteiger partial charge in [0.15, 0.2) is 10.2 Å². The molecule has 0 amide bonds. The predicted octanol–water partition coefficient (Wildman–Crippen LogP) is 3.48. The summed E-state index contributed by atoms with van der Waals surface area (Å²) in [7, 11) is 0. The first kappa shape index (κ1) is 9.89. The first-order valence-electron chi connectivity index (χ1n) is 3.68. The second kappa shape index (κ2) is 4.25. The van der Waals surface area contributed by atoms with Crippen LogP contribution in [0.4, 0.5) is 4.39 Å². The quantitative estimate of drug-likeness (QED) is 0.811. The van der Waals surface area contributed by atoms with Crippen molar-refractivity contribution in [3.63, 3.8) is 0 Å². The SMILES string of the molecule is Fc1ccccc1Sc1nsnc1Cl. The van der Waals surface area contributed by atoms with Gasteiger partial charge in [-0.2, -0.15) is 8.75 Å². The summed E-state index contributed by atoms with van der Waals surface area (Å²) >= 11 is 7.93. The fourth-order valence-electron chi connectivity index (χ4n) is 0.862. The number of aromatic nitrogens is 2. The van der Waals surface area contributed by atoms with Crippen LogP contribution in [0.25, 0.3) is 0 Å². The fraction of sp³-hybridized carbons (Fsp3) is 0. The summed E-state index contributed by atoms with van der Waals surface area (Å²) in [5, 5.41) is 0.866. The lowest BCUT2D eigenvalue weighted by atomic mass is 10.3. The minimum absolute atomic E-state index is 0.276. The Labute approximate surface area is 93.4 Å². The summed E-state index contributed by atoms with van der Waals surface area (Å²) in [6.45, 7) is 0. The average molecular weight is 247 g/mol. The number of rotatable bonds is 2. The zero-order valence-corrected chi connectivity index (χ0v) is 9.17. The Bertz CT molecular complexity index is 446. The third-order valence-electron chi connectivity index (χ3n) is 1.46. The van der Waals surface area contributed by atoms with E-state index in [0.717, 1.165) is 11.7 Å². The van der Waals surface area contributed by atoms with Gasteiger partial charge in [-0.25, -0.2) is 4.39 Å². The zero-order chi connectivity index (χ0) is 9.97. The molecule has 0 aliphatic rings. The molecule has 6 heteroatoms. The third-order valence-corrected chi connectivity index (χ3v) is 3.61. The van der Waals surface area contributed by atoms with E-state index in [1.165, 1.54) is 17.8 Å². The van der Waals surface area contributed by atoms with Crippen molar-refractivity contribution in [3.05, 3.63) is 35.2 Å². The van der Waals surface area contributed by atoms with Crippen LogP contribution in [0.15, 0.2) is 34.2 Å². The van der Waals surface area contributed by atoms with Gasteiger partial charge in [0, 0.05) is 4.90 Å². The Morgan fingerprint density at radius 2 is 2.07 bits per heavy atom. The van der Waals surface area contributed by atoms with Gasteiger partial charge in [-0.3, -0.25) is 0 Å². The Kier molecular flexibility index (Phi) is 3.00. The summed E-state index contributed by atoms with van der Waals surface area (Å²) in [5.41, 5.74) is 0. The van der Waals surface area contributed by atoms with E-state index in [1.807, 2.05) is 0 Å². The van der Waals surface area contributed by atoms with Gasteiger partial charge < -0.3 is 0 Å². The van der Waals surface area contributed by atoms with Gasteiger partial charge in [-0.1, -0.05) is 35.5 Å². The molecule has 0 saturated carbocycles. The van der Waals surface area contributed by atoms with E-state index in [9.17, 15) is 4.39 Å². The Hall–Kier alpha value is -0.650. The first-order chi connectivity index (χ1) is 6.77. The molecule has 1 aromatic heterocycles. The van der Waals surface area contributed by atoms with Crippen molar-refractivity contribution in [2.24, 2.45) is 0 Å². The highest BCUT2D eigenvalue weighted by atomic mass is 35.5. The molecule has 0 bridgehead atoms. The monoisotopic (exact) mass is 246 g/mol. The number of benzene rings is 1. The van der Waals surface area contributed by atoms with Crippen molar-refractivity contribution in [1.82, 2.24) is 8.75 Å². The Balaban J connectivity index is 2.28. The first-order valence-corrected chi connectivity index (χ1v) is 5.60. The minimum Gasteiger partial charge on any atom is -0.206 e. The lowest BCUT2D eigenvalue weighted by molar-refractivity contribution is 0.602. The second-order valence-electron chi connectivity index (χ2n) is 2.39. The molecule has 0 spiro atoms.